The van der Waals surface area contributed by atoms with Gasteiger partial charge >= 0.3 is 0 Å². The van der Waals surface area contributed by atoms with Gasteiger partial charge in [0, 0.05) is 25.2 Å². The maximum Gasteiger partial charge on any atom is 0.260 e. The maximum absolute atomic E-state index is 12.6. The molecule has 0 aliphatic carbocycles. The van der Waals surface area contributed by atoms with E-state index in [9.17, 15) is 8.42 Å². The lowest BCUT2D eigenvalue weighted by Gasteiger charge is -2.34. The summed E-state index contributed by atoms with van der Waals surface area (Å²) < 4.78 is 32.2. The highest BCUT2D eigenvalue weighted by Crippen LogP contribution is 2.21. The van der Waals surface area contributed by atoms with Crippen LogP contribution in [0.2, 0.25) is 0 Å². The molecule has 0 amide bonds. The van der Waals surface area contributed by atoms with Gasteiger partial charge in [0.25, 0.3) is 10.0 Å². The normalized spacial score (nSPS) is 25.6. The number of sulfonamides is 1. The Balaban J connectivity index is 2.28. The molecule has 1 saturated heterocycles. The standard InChI is InChI=1S/C11H20N4O3S/c1-8-6-15(7-9(2)18-8)19(16,17)11-10(4-12-3)5-13-14-11/h5,8-9,12H,4,6-7H2,1-3H3,(H,13,14). The van der Waals surface area contributed by atoms with Crippen LogP contribution >= 0.6 is 0 Å². The Labute approximate surface area is 113 Å². The fraction of sp³-hybridized carbons (Fsp3) is 0.727. The summed E-state index contributed by atoms with van der Waals surface area (Å²) in [5.74, 6) is 0. The first-order chi connectivity index (χ1) is 8.95. The van der Waals surface area contributed by atoms with E-state index in [1.165, 1.54) is 10.5 Å². The lowest BCUT2D eigenvalue weighted by atomic mass is 10.3. The topological polar surface area (TPSA) is 87.3 Å². The number of H-pyrrole nitrogens is 1. The maximum atomic E-state index is 12.6. The third-order valence-electron chi connectivity index (χ3n) is 3.03. The number of nitrogens with one attached hydrogen (secondary N) is 2. The smallest absolute Gasteiger partial charge is 0.260 e. The van der Waals surface area contributed by atoms with Crippen LogP contribution in [-0.4, -0.2) is 55.3 Å². The van der Waals surface area contributed by atoms with Gasteiger partial charge in [-0.15, -0.1) is 0 Å². The third-order valence-corrected chi connectivity index (χ3v) is 4.88. The second kappa shape index (κ2) is 5.58. The molecule has 2 atom stereocenters. The third kappa shape index (κ3) is 2.97. The molecule has 0 spiro atoms. The lowest BCUT2D eigenvalue weighted by Crippen LogP contribution is -2.48. The molecule has 0 radical (unpaired) electrons. The second-order valence-electron chi connectivity index (χ2n) is 4.83. The first-order valence-corrected chi connectivity index (χ1v) is 7.71. The van der Waals surface area contributed by atoms with Crippen LogP contribution in [0.3, 0.4) is 0 Å². The SMILES string of the molecule is CNCc1cn[nH]c1S(=O)(=O)N1CC(C)OC(C)C1. The van der Waals surface area contributed by atoms with Crippen LogP contribution in [0.25, 0.3) is 0 Å². The van der Waals surface area contributed by atoms with Crippen LogP contribution in [-0.2, 0) is 21.3 Å². The van der Waals surface area contributed by atoms with Gasteiger partial charge in [-0.3, -0.25) is 5.10 Å². The van der Waals surface area contributed by atoms with Gasteiger partial charge in [0.1, 0.15) is 0 Å². The largest absolute Gasteiger partial charge is 0.373 e. The van der Waals surface area contributed by atoms with E-state index in [1.54, 1.807) is 7.05 Å². The van der Waals surface area contributed by atoms with Crippen molar-refractivity contribution in [2.24, 2.45) is 0 Å². The predicted octanol–water partition coefficient (Wildman–Crippen LogP) is -0.0730. The molecular formula is C11H20N4O3S. The molecule has 1 aliphatic rings. The van der Waals surface area contributed by atoms with Crippen molar-refractivity contribution in [2.45, 2.75) is 37.6 Å². The number of aromatic nitrogens is 2. The molecule has 7 nitrogen and oxygen atoms in total. The van der Waals surface area contributed by atoms with E-state index in [0.717, 1.165) is 0 Å². The predicted molar refractivity (Wildman–Crippen MR) is 70.1 cm³/mol. The summed E-state index contributed by atoms with van der Waals surface area (Å²) in [6.07, 6.45) is 1.33. The molecule has 19 heavy (non-hydrogen) atoms. The summed E-state index contributed by atoms with van der Waals surface area (Å²) in [6.45, 7) is 4.94. The van der Waals surface area contributed by atoms with Crippen molar-refractivity contribution in [1.82, 2.24) is 19.8 Å². The van der Waals surface area contributed by atoms with Gasteiger partial charge in [0.2, 0.25) is 0 Å². The number of aromatic amines is 1. The first kappa shape index (κ1) is 14.4. The Morgan fingerprint density at radius 1 is 1.47 bits per heavy atom. The highest BCUT2D eigenvalue weighted by molar-refractivity contribution is 7.89. The van der Waals surface area contributed by atoms with E-state index in [0.29, 0.717) is 25.2 Å². The molecule has 108 valence electrons. The van der Waals surface area contributed by atoms with Crippen LogP contribution in [0, 0.1) is 0 Å². The van der Waals surface area contributed by atoms with Crippen LogP contribution < -0.4 is 5.32 Å². The quantitative estimate of drug-likeness (QED) is 0.809. The molecule has 1 fully saturated rings. The van der Waals surface area contributed by atoms with Gasteiger partial charge in [-0.25, -0.2) is 8.42 Å². The lowest BCUT2D eigenvalue weighted by molar-refractivity contribution is -0.0441. The van der Waals surface area contributed by atoms with E-state index in [-0.39, 0.29) is 17.2 Å². The first-order valence-electron chi connectivity index (χ1n) is 6.27. The van der Waals surface area contributed by atoms with Gasteiger partial charge in [-0.2, -0.15) is 9.40 Å². The minimum absolute atomic E-state index is 0.103. The van der Waals surface area contributed by atoms with Crippen LogP contribution in [0.15, 0.2) is 11.2 Å². The van der Waals surface area contributed by atoms with Crippen LogP contribution in [0.1, 0.15) is 19.4 Å². The summed E-state index contributed by atoms with van der Waals surface area (Å²) in [4.78, 5) is 0. The van der Waals surface area contributed by atoms with Crippen LogP contribution in [0.4, 0.5) is 0 Å². The average Bonchev–Trinajstić information content (AvgIpc) is 2.77. The zero-order valence-electron chi connectivity index (χ0n) is 11.4. The molecule has 0 saturated carbocycles. The van der Waals surface area contributed by atoms with Crippen molar-refractivity contribution in [3.8, 4) is 0 Å². The summed E-state index contributed by atoms with van der Waals surface area (Å²) in [5.41, 5.74) is 0.647. The Kier molecular flexibility index (Phi) is 4.24. The van der Waals surface area contributed by atoms with E-state index in [2.05, 4.69) is 15.5 Å². The van der Waals surface area contributed by atoms with Crippen molar-refractivity contribution in [3.63, 3.8) is 0 Å². The van der Waals surface area contributed by atoms with E-state index in [1.807, 2.05) is 13.8 Å². The minimum atomic E-state index is -3.54. The van der Waals surface area contributed by atoms with Gasteiger partial charge < -0.3 is 10.1 Å². The number of rotatable bonds is 4. The molecule has 1 aliphatic heterocycles. The number of ether oxygens (including phenoxy) is 1. The van der Waals surface area contributed by atoms with Crippen molar-refractivity contribution in [1.29, 1.82) is 0 Å². The number of hydrogen-bond donors (Lipinski definition) is 2. The molecule has 0 bridgehead atoms. The molecule has 2 unspecified atom stereocenters. The fourth-order valence-corrected chi connectivity index (χ4v) is 3.99. The van der Waals surface area contributed by atoms with Crippen molar-refractivity contribution >= 4 is 10.0 Å². The molecule has 8 heteroatoms. The second-order valence-corrected chi connectivity index (χ2v) is 6.71. The van der Waals surface area contributed by atoms with Crippen molar-refractivity contribution in [2.75, 3.05) is 20.1 Å². The van der Waals surface area contributed by atoms with E-state index in [4.69, 9.17) is 4.74 Å². The summed E-state index contributed by atoms with van der Waals surface area (Å²) >= 11 is 0. The molecule has 0 aromatic carbocycles. The Morgan fingerprint density at radius 2 is 2.11 bits per heavy atom. The zero-order valence-corrected chi connectivity index (χ0v) is 12.2. The number of nitrogens with zero attached hydrogens (tertiary/aromatic N) is 2. The number of hydrogen-bond acceptors (Lipinski definition) is 5. The zero-order chi connectivity index (χ0) is 14.0. The van der Waals surface area contributed by atoms with Gasteiger partial charge in [-0.05, 0) is 20.9 Å². The van der Waals surface area contributed by atoms with Crippen LogP contribution in [0.5, 0.6) is 0 Å². The summed E-state index contributed by atoms with van der Waals surface area (Å²) in [6, 6.07) is 0. The molecular weight excluding hydrogens is 268 g/mol. The Bertz CT molecular complexity index is 518. The highest BCUT2D eigenvalue weighted by atomic mass is 32.2. The van der Waals surface area contributed by atoms with Crippen molar-refractivity contribution < 1.29 is 13.2 Å². The van der Waals surface area contributed by atoms with E-state index < -0.39 is 10.0 Å². The van der Waals surface area contributed by atoms with E-state index >= 15 is 0 Å². The monoisotopic (exact) mass is 288 g/mol. The van der Waals surface area contributed by atoms with Gasteiger partial charge in [0.05, 0.1) is 18.4 Å². The molecule has 1 aromatic heterocycles. The fourth-order valence-electron chi connectivity index (χ4n) is 2.30. The molecule has 2 rings (SSSR count). The average molecular weight is 288 g/mol. The Hall–Kier alpha value is -0.960. The minimum Gasteiger partial charge on any atom is -0.373 e. The van der Waals surface area contributed by atoms with Crippen molar-refractivity contribution in [3.05, 3.63) is 11.8 Å². The summed E-state index contributed by atoms with van der Waals surface area (Å²) in [7, 11) is -1.78. The summed E-state index contributed by atoms with van der Waals surface area (Å²) in [5, 5.41) is 9.54. The molecule has 2 heterocycles. The number of morpholine rings is 1. The van der Waals surface area contributed by atoms with Gasteiger partial charge in [0.15, 0.2) is 5.03 Å². The highest BCUT2D eigenvalue weighted by Gasteiger charge is 2.34. The molecule has 1 aromatic rings. The van der Waals surface area contributed by atoms with Gasteiger partial charge in [-0.1, -0.05) is 0 Å². The molecule has 2 N–H and O–H groups in total. The Morgan fingerprint density at radius 3 is 2.68 bits per heavy atom.